The van der Waals surface area contributed by atoms with Gasteiger partial charge in [-0.1, -0.05) is 19.1 Å². The molecule has 0 unspecified atom stereocenters. The highest BCUT2D eigenvalue weighted by atomic mass is 16.5. The summed E-state index contributed by atoms with van der Waals surface area (Å²) in [4.78, 5) is 27.2. The number of amides is 2. The van der Waals surface area contributed by atoms with Crippen LogP contribution in [0.25, 0.3) is 0 Å². The molecular weight excluding hydrogens is 346 g/mol. The number of esters is 1. The van der Waals surface area contributed by atoms with Crippen LogP contribution in [0, 0.1) is 5.92 Å². The summed E-state index contributed by atoms with van der Waals surface area (Å²) >= 11 is 0. The van der Waals surface area contributed by atoms with Gasteiger partial charge >= 0.3 is 12.0 Å². The van der Waals surface area contributed by atoms with Crippen LogP contribution in [0.15, 0.2) is 35.5 Å². The van der Waals surface area contributed by atoms with E-state index in [1.54, 1.807) is 7.11 Å². The van der Waals surface area contributed by atoms with Crippen molar-refractivity contribution in [1.82, 2.24) is 15.5 Å². The van der Waals surface area contributed by atoms with Crippen LogP contribution in [0.1, 0.15) is 31.4 Å². The zero-order valence-corrected chi connectivity index (χ0v) is 16.1. The van der Waals surface area contributed by atoms with E-state index >= 15 is 0 Å². The van der Waals surface area contributed by atoms with Crippen LogP contribution in [-0.2, 0) is 9.53 Å². The molecule has 0 radical (unpaired) electrons. The standard InChI is InChI=1S/C20H27N3O4/c1-13-6-5-9-23(11-13)12-16-17(19(24)27-3)18(22-20(25)21-16)14-7-4-8-15(10-14)26-2/h4,7-8,10,13,18H,5-6,9,11-12H2,1-3H3,(H2,21,22,25)/t13-,18+/m0/s1. The number of carbonyl (C=O) groups excluding carboxylic acids is 2. The molecule has 3 rings (SSSR count). The zero-order chi connectivity index (χ0) is 19.4. The Morgan fingerprint density at radius 3 is 2.85 bits per heavy atom. The molecular formula is C20H27N3O4. The average molecular weight is 373 g/mol. The Balaban J connectivity index is 1.97. The molecule has 2 atom stereocenters. The predicted octanol–water partition coefficient (Wildman–Crippen LogP) is 2.21. The van der Waals surface area contributed by atoms with Crippen molar-refractivity contribution in [3.63, 3.8) is 0 Å². The molecule has 7 nitrogen and oxygen atoms in total. The van der Waals surface area contributed by atoms with Gasteiger partial charge in [0.2, 0.25) is 0 Å². The van der Waals surface area contributed by atoms with Gasteiger partial charge in [-0.25, -0.2) is 9.59 Å². The van der Waals surface area contributed by atoms with Crippen LogP contribution >= 0.6 is 0 Å². The highest BCUT2D eigenvalue weighted by molar-refractivity contribution is 5.95. The molecule has 1 aromatic carbocycles. The second-order valence-electron chi connectivity index (χ2n) is 7.17. The number of benzene rings is 1. The number of hydrogen-bond donors (Lipinski definition) is 2. The molecule has 27 heavy (non-hydrogen) atoms. The Kier molecular flexibility index (Phi) is 6.01. The van der Waals surface area contributed by atoms with E-state index in [0.717, 1.165) is 25.1 Å². The first-order chi connectivity index (χ1) is 13.0. The van der Waals surface area contributed by atoms with Gasteiger partial charge in [0.1, 0.15) is 5.75 Å². The Hall–Kier alpha value is -2.54. The fourth-order valence-corrected chi connectivity index (χ4v) is 3.82. The van der Waals surface area contributed by atoms with Crippen molar-refractivity contribution in [1.29, 1.82) is 0 Å². The minimum absolute atomic E-state index is 0.324. The first-order valence-corrected chi connectivity index (χ1v) is 9.27. The smallest absolute Gasteiger partial charge is 0.338 e. The highest BCUT2D eigenvalue weighted by Crippen LogP contribution is 2.30. The van der Waals surface area contributed by atoms with Gasteiger partial charge < -0.3 is 20.1 Å². The second-order valence-corrected chi connectivity index (χ2v) is 7.17. The lowest BCUT2D eigenvalue weighted by molar-refractivity contribution is -0.136. The molecule has 2 N–H and O–H groups in total. The summed E-state index contributed by atoms with van der Waals surface area (Å²) in [5.41, 5.74) is 1.81. The lowest BCUT2D eigenvalue weighted by atomic mass is 9.94. The summed E-state index contributed by atoms with van der Waals surface area (Å²) in [5, 5.41) is 5.67. The van der Waals surface area contributed by atoms with Gasteiger partial charge in [-0.2, -0.15) is 0 Å². The van der Waals surface area contributed by atoms with E-state index in [4.69, 9.17) is 9.47 Å². The molecule has 7 heteroatoms. The molecule has 1 saturated heterocycles. The van der Waals surface area contributed by atoms with Gasteiger partial charge in [-0.05, 0) is 43.0 Å². The van der Waals surface area contributed by atoms with E-state index in [2.05, 4.69) is 22.5 Å². The Labute approximate surface area is 159 Å². The third-order valence-electron chi connectivity index (χ3n) is 5.11. The summed E-state index contributed by atoms with van der Waals surface area (Å²) in [6.45, 7) is 4.64. The quantitative estimate of drug-likeness (QED) is 0.774. The van der Waals surface area contributed by atoms with Crippen LogP contribution in [0.5, 0.6) is 5.75 Å². The van der Waals surface area contributed by atoms with E-state index < -0.39 is 12.0 Å². The highest BCUT2D eigenvalue weighted by Gasteiger charge is 2.34. The molecule has 2 aliphatic heterocycles. The lowest BCUT2D eigenvalue weighted by Gasteiger charge is -2.35. The maximum absolute atomic E-state index is 12.6. The van der Waals surface area contributed by atoms with Crippen LogP contribution in [0.2, 0.25) is 0 Å². The van der Waals surface area contributed by atoms with Gasteiger partial charge in [-0.3, -0.25) is 4.90 Å². The molecule has 0 saturated carbocycles. The van der Waals surface area contributed by atoms with Crippen molar-refractivity contribution in [2.75, 3.05) is 33.9 Å². The van der Waals surface area contributed by atoms with Crippen LogP contribution in [0.4, 0.5) is 4.79 Å². The van der Waals surface area contributed by atoms with Crippen LogP contribution < -0.4 is 15.4 Å². The molecule has 1 aromatic rings. The van der Waals surface area contributed by atoms with Gasteiger partial charge in [0.25, 0.3) is 0 Å². The molecule has 146 valence electrons. The van der Waals surface area contributed by atoms with Crippen molar-refractivity contribution < 1.29 is 19.1 Å². The molecule has 0 bridgehead atoms. The maximum atomic E-state index is 12.6. The van der Waals surface area contributed by atoms with Crippen LogP contribution in [-0.4, -0.2) is 50.8 Å². The van der Waals surface area contributed by atoms with Gasteiger partial charge in [0, 0.05) is 18.8 Å². The van der Waals surface area contributed by atoms with Gasteiger partial charge in [0.15, 0.2) is 0 Å². The number of carbonyl (C=O) groups is 2. The van der Waals surface area contributed by atoms with Crippen molar-refractivity contribution in [3.05, 3.63) is 41.1 Å². The van der Waals surface area contributed by atoms with E-state index in [0.29, 0.717) is 29.5 Å². The lowest BCUT2D eigenvalue weighted by Crippen LogP contribution is -2.49. The number of rotatable bonds is 5. The van der Waals surface area contributed by atoms with Gasteiger partial charge in [0.05, 0.1) is 25.8 Å². The third-order valence-corrected chi connectivity index (χ3v) is 5.11. The van der Waals surface area contributed by atoms with E-state index in [1.165, 1.54) is 13.5 Å². The Bertz CT molecular complexity index is 746. The van der Waals surface area contributed by atoms with Crippen LogP contribution in [0.3, 0.4) is 0 Å². The Morgan fingerprint density at radius 2 is 2.15 bits per heavy atom. The minimum Gasteiger partial charge on any atom is -0.497 e. The summed E-state index contributed by atoms with van der Waals surface area (Å²) in [6, 6.07) is 6.43. The van der Waals surface area contributed by atoms with Crippen molar-refractivity contribution in [2.24, 2.45) is 5.92 Å². The number of likely N-dealkylation sites (tertiary alicyclic amines) is 1. The summed E-state index contributed by atoms with van der Waals surface area (Å²) < 4.78 is 10.3. The number of hydrogen-bond acceptors (Lipinski definition) is 5. The first-order valence-electron chi connectivity index (χ1n) is 9.27. The molecule has 2 aliphatic rings. The molecule has 0 aromatic heterocycles. The number of nitrogens with zero attached hydrogens (tertiary/aromatic N) is 1. The fraction of sp³-hybridized carbons (Fsp3) is 0.500. The van der Waals surface area contributed by atoms with E-state index in [9.17, 15) is 9.59 Å². The monoisotopic (exact) mass is 373 g/mol. The largest absolute Gasteiger partial charge is 0.497 e. The van der Waals surface area contributed by atoms with E-state index in [-0.39, 0.29) is 6.03 Å². The molecule has 2 heterocycles. The summed E-state index contributed by atoms with van der Waals surface area (Å²) in [7, 11) is 2.94. The number of urea groups is 1. The summed E-state index contributed by atoms with van der Waals surface area (Å²) in [5.74, 6) is 0.818. The second kappa shape index (κ2) is 8.43. The van der Waals surface area contributed by atoms with Crippen molar-refractivity contribution in [3.8, 4) is 5.75 Å². The topological polar surface area (TPSA) is 79.9 Å². The number of piperidine rings is 1. The first kappa shape index (κ1) is 19.2. The zero-order valence-electron chi connectivity index (χ0n) is 16.1. The summed E-state index contributed by atoms with van der Waals surface area (Å²) in [6.07, 6.45) is 2.33. The molecule has 1 fully saturated rings. The van der Waals surface area contributed by atoms with Crippen molar-refractivity contribution >= 4 is 12.0 Å². The minimum atomic E-state index is -0.585. The molecule has 0 spiro atoms. The Morgan fingerprint density at radius 1 is 1.33 bits per heavy atom. The maximum Gasteiger partial charge on any atom is 0.338 e. The van der Waals surface area contributed by atoms with Gasteiger partial charge in [-0.15, -0.1) is 0 Å². The SMILES string of the molecule is COC(=O)C1=C(CN2CCC[C@H](C)C2)NC(=O)N[C@@H]1c1cccc(OC)c1. The van der Waals surface area contributed by atoms with E-state index in [1.807, 2.05) is 24.3 Å². The molecule has 2 amide bonds. The third kappa shape index (κ3) is 4.42. The normalized spacial score (nSPS) is 23.4. The number of nitrogens with one attached hydrogen (secondary N) is 2. The van der Waals surface area contributed by atoms with Crippen molar-refractivity contribution in [2.45, 2.75) is 25.8 Å². The number of methoxy groups -OCH3 is 2. The predicted molar refractivity (Wildman–Crippen MR) is 101 cm³/mol. The number of ether oxygens (including phenoxy) is 2. The fourth-order valence-electron chi connectivity index (χ4n) is 3.82. The molecule has 0 aliphatic carbocycles. The average Bonchev–Trinajstić information content (AvgIpc) is 2.67.